The number of hydrogen-bond donors (Lipinski definition) is 1. The van der Waals surface area contributed by atoms with Gasteiger partial charge in [0.1, 0.15) is 5.60 Å². The van der Waals surface area contributed by atoms with Crippen molar-refractivity contribution < 1.29 is 37.2 Å². The number of amides is 2. The predicted octanol–water partition coefficient (Wildman–Crippen LogP) is 2.01. The summed E-state index contributed by atoms with van der Waals surface area (Å²) in [4.78, 5) is 42.8. The van der Waals surface area contributed by atoms with Crippen molar-refractivity contribution in [2.45, 2.75) is 43.4 Å². The molecule has 2 amide bonds. The summed E-state index contributed by atoms with van der Waals surface area (Å²) < 4.78 is 38.8. The molecule has 1 unspecified atom stereocenters. The minimum atomic E-state index is -4.75. The van der Waals surface area contributed by atoms with E-state index in [1.807, 2.05) is 0 Å². The molecule has 1 N–H and O–H groups in total. The molecule has 1 aliphatic rings. The summed E-state index contributed by atoms with van der Waals surface area (Å²) in [6.45, 7) is 7.82. The SMILES string of the molecule is C=CCON(C1CN(C(=O)OC(C)(C)C)[C@H](COC)C=C1C(=O)NC)S(=O)(=O)c1ccccc1[N+](=O)[O-]. The van der Waals surface area contributed by atoms with Crippen LogP contribution in [0.3, 0.4) is 0 Å². The van der Waals surface area contributed by atoms with Gasteiger partial charge in [0.15, 0.2) is 4.90 Å². The molecule has 2 rings (SSSR count). The number of rotatable bonds is 10. The summed E-state index contributed by atoms with van der Waals surface area (Å²) in [5.74, 6) is -0.639. The number of hydroxylamine groups is 1. The number of nitro groups is 1. The lowest BCUT2D eigenvalue weighted by molar-refractivity contribution is -0.388. The lowest BCUT2D eigenvalue weighted by atomic mass is 9.97. The molecule has 1 aromatic rings. The molecular formula is C23H32N4O9S. The Morgan fingerprint density at radius 2 is 1.97 bits per heavy atom. The average Bonchev–Trinajstić information content (AvgIpc) is 2.83. The zero-order valence-electron chi connectivity index (χ0n) is 21.4. The molecule has 0 aromatic heterocycles. The van der Waals surface area contributed by atoms with Gasteiger partial charge >= 0.3 is 6.09 Å². The smallest absolute Gasteiger partial charge is 0.410 e. The van der Waals surface area contributed by atoms with Crippen LogP contribution in [-0.4, -0.2) is 86.3 Å². The molecule has 0 aliphatic carbocycles. The molecule has 0 spiro atoms. The van der Waals surface area contributed by atoms with Crippen LogP contribution < -0.4 is 5.32 Å². The highest BCUT2D eigenvalue weighted by Gasteiger charge is 2.45. The Bertz CT molecular complexity index is 1160. The molecular weight excluding hydrogens is 508 g/mol. The first kappa shape index (κ1) is 29.9. The van der Waals surface area contributed by atoms with E-state index in [9.17, 15) is 28.1 Å². The van der Waals surface area contributed by atoms with Crippen LogP contribution >= 0.6 is 0 Å². The van der Waals surface area contributed by atoms with E-state index >= 15 is 0 Å². The van der Waals surface area contributed by atoms with Gasteiger partial charge < -0.3 is 14.8 Å². The van der Waals surface area contributed by atoms with E-state index in [2.05, 4.69) is 11.9 Å². The molecule has 14 heteroatoms. The summed E-state index contributed by atoms with van der Waals surface area (Å²) in [6, 6.07) is 2.56. The second-order valence-corrected chi connectivity index (χ2v) is 10.7. The number of nitro benzene ring substituents is 1. The van der Waals surface area contributed by atoms with Crippen LogP contribution in [0.5, 0.6) is 0 Å². The third-order valence-electron chi connectivity index (χ3n) is 5.11. The fraction of sp³-hybridized carbons (Fsp3) is 0.478. The van der Waals surface area contributed by atoms with Crippen LogP contribution in [0.1, 0.15) is 20.8 Å². The van der Waals surface area contributed by atoms with Gasteiger partial charge in [-0.2, -0.15) is 0 Å². The lowest BCUT2D eigenvalue weighted by Gasteiger charge is -2.41. The van der Waals surface area contributed by atoms with Gasteiger partial charge in [0.05, 0.1) is 30.2 Å². The topological polar surface area (TPSA) is 158 Å². The van der Waals surface area contributed by atoms with Crippen molar-refractivity contribution in [2.75, 3.05) is 33.9 Å². The summed E-state index contributed by atoms with van der Waals surface area (Å²) in [5.41, 5.74) is -1.60. The van der Waals surface area contributed by atoms with Crippen molar-refractivity contribution in [1.82, 2.24) is 14.7 Å². The van der Waals surface area contributed by atoms with Crippen LogP contribution in [-0.2, 0) is 29.1 Å². The molecule has 204 valence electrons. The minimum Gasteiger partial charge on any atom is -0.444 e. The van der Waals surface area contributed by atoms with E-state index in [-0.39, 0.29) is 25.3 Å². The first-order valence-corrected chi connectivity index (χ1v) is 12.7. The molecule has 0 bridgehead atoms. The maximum absolute atomic E-state index is 13.8. The lowest BCUT2D eigenvalue weighted by Crippen LogP contribution is -2.58. The number of carbonyl (C=O) groups excluding carboxylic acids is 2. The number of para-hydroxylation sites is 1. The van der Waals surface area contributed by atoms with Crippen molar-refractivity contribution in [3.05, 3.63) is 58.7 Å². The summed E-state index contributed by atoms with van der Waals surface area (Å²) in [5, 5.41) is 14.0. The van der Waals surface area contributed by atoms with Gasteiger partial charge in [-0.3, -0.25) is 24.6 Å². The fourth-order valence-electron chi connectivity index (χ4n) is 3.60. The van der Waals surface area contributed by atoms with E-state index in [1.165, 1.54) is 43.3 Å². The quantitative estimate of drug-likeness (QED) is 0.266. The first-order valence-electron chi connectivity index (χ1n) is 11.2. The molecule has 0 radical (unpaired) electrons. The third-order valence-corrected chi connectivity index (χ3v) is 6.84. The molecule has 0 saturated carbocycles. The van der Waals surface area contributed by atoms with Crippen LogP contribution in [0.15, 0.2) is 53.5 Å². The molecule has 1 heterocycles. The standard InChI is InChI=1S/C23H32N4O9S/c1-7-12-35-27(37(32,33)20-11-9-8-10-18(20)26(30)31)19-14-25(22(29)36-23(2,3)4)16(15-34-6)13-17(19)21(28)24-5/h7-11,13,16,19H,1,12,14-15H2,2-6H3,(H,24,28)/t16-,19?/m0/s1. The fourth-order valence-corrected chi connectivity index (χ4v) is 5.16. The van der Waals surface area contributed by atoms with Crippen LogP contribution in [0, 0.1) is 10.1 Å². The Balaban J connectivity index is 2.73. The highest BCUT2D eigenvalue weighted by atomic mass is 32.2. The zero-order chi connectivity index (χ0) is 28.0. The number of likely N-dealkylation sites (N-methyl/N-ethyl adjacent to an activating group) is 1. The Morgan fingerprint density at radius 1 is 1.32 bits per heavy atom. The first-order chi connectivity index (χ1) is 17.3. The molecule has 13 nitrogen and oxygen atoms in total. The second kappa shape index (κ2) is 12.3. The Hall–Kier alpha value is -3.33. The molecule has 37 heavy (non-hydrogen) atoms. The maximum Gasteiger partial charge on any atom is 0.410 e. The maximum atomic E-state index is 13.8. The average molecular weight is 541 g/mol. The number of sulfonamides is 1. The van der Waals surface area contributed by atoms with Gasteiger partial charge in [0.25, 0.3) is 15.7 Å². The third kappa shape index (κ3) is 7.13. The summed E-state index contributed by atoms with van der Waals surface area (Å²) in [6.07, 6.45) is 1.88. The Morgan fingerprint density at radius 3 is 2.51 bits per heavy atom. The Labute approximate surface area is 215 Å². The molecule has 0 fully saturated rings. The number of ether oxygens (including phenoxy) is 2. The van der Waals surface area contributed by atoms with E-state index in [0.29, 0.717) is 4.47 Å². The number of hydrogen-bond acceptors (Lipinski definition) is 9. The normalized spacial score (nSPS) is 18.2. The predicted molar refractivity (Wildman–Crippen MR) is 133 cm³/mol. The van der Waals surface area contributed by atoms with E-state index in [1.54, 1.807) is 20.8 Å². The monoisotopic (exact) mass is 540 g/mol. The van der Waals surface area contributed by atoms with Gasteiger partial charge in [0.2, 0.25) is 5.91 Å². The van der Waals surface area contributed by atoms with Crippen molar-refractivity contribution in [1.29, 1.82) is 0 Å². The minimum absolute atomic E-state index is 0.0170. The van der Waals surface area contributed by atoms with Gasteiger partial charge in [-0.05, 0) is 32.9 Å². The van der Waals surface area contributed by atoms with E-state index in [0.717, 1.165) is 12.1 Å². The van der Waals surface area contributed by atoms with Crippen molar-refractivity contribution in [3.63, 3.8) is 0 Å². The number of benzene rings is 1. The van der Waals surface area contributed by atoms with E-state index in [4.69, 9.17) is 14.3 Å². The molecule has 0 saturated heterocycles. The van der Waals surface area contributed by atoms with Crippen LogP contribution in [0.25, 0.3) is 0 Å². The van der Waals surface area contributed by atoms with Gasteiger partial charge in [-0.1, -0.05) is 22.7 Å². The van der Waals surface area contributed by atoms with Crippen LogP contribution in [0.4, 0.5) is 10.5 Å². The highest BCUT2D eigenvalue weighted by Crippen LogP contribution is 2.32. The van der Waals surface area contributed by atoms with Gasteiger partial charge in [-0.25, -0.2) is 13.2 Å². The molecule has 2 atom stereocenters. The van der Waals surface area contributed by atoms with Crippen molar-refractivity contribution in [3.8, 4) is 0 Å². The second-order valence-electron chi connectivity index (χ2n) is 8.94. The van der Waals surface area contributed by atoms with Gasteiger partial charge in [-0.15, -0.1) is 6.58 Å². The molecule has 1 aromatic carbocycles. The number of nitrogens with one attached hydrogen (secondary N) is 1. The summed E-state index contributed by atoms with van der Waals surface area (Å²) >= 11 is 0. The van der Waals surface area contributed by atoms with E-state index < -0.39 is 55.2 Å². The molecule has 1 aliphatic heterocycles. The van der Waals surface area contributed by atoms with Crippen LogP contribution in [0.2, 0.25) is 0 Å². The number of carbonyl (C=O) groups is 2. The summed E-state index contributed by atoms with van der Waals surface area (Å²) in [7, 11) is -1.98. The Kier molecular flexibility index (Phi) is 9.92. The van der Waals surface area contributed by atoms with Gasteiger partial charge in [0, 0.05) is 32.3 Å². The number of nitrogens with zero attached hydrogens (tertiary/aromatic N) is 3. The highest BCUT2D eigenvalue weighted by molar-refractivity contribution is 7.89. The number of methoxy groups -OCH3 is 1. The van der Waals surface area contributed by atoms with Crippen molar-refractivity contribution in [2.24, 2.45) is 0 Å². The zero-order valence-corrected chi connectivity index (χ0v) is 22.2. The largest absolute Gasteiger partial charge is 0.444 e. The van der Waals surface area contributed by atoms with Crippen molar-refractivity contribution >= 4 is 27.7 Å².